The Morgan fingerprint density at radius 1 is 1.12 bits per heavy atom. The van der Waals surface area contributed by atoms with Crippen LogP contribution in [0.3, 0.4) is 0 Å². The van der Waals surface area contributed by atoms with Crippen molar-refractivity contribution in [2.45, 2.75) is 6.42 Å². The van der Waals surface area contributed by atoms with Crippen molar-refractivity contribution in [3.05, 3.63) is 59.9 Å². The van der Waals surface area contributed by atoms with Crippen LogP contribution in [0.2, 0.25) is 0 Å². The van der Waals surface area contributed by atoms with E-state index in [9.17, 15) is 18.8 Å². The minimum atomic E-state index is -0.764. The lowest BCUT2D eigenvalue weighted by Gasteiger charge is -2.20. The molecule has 0 aliphatic carbocycles. The van der Waals surface area contributed by atoms with Gasteiger partial charge in [-0.05, 0) is 24.3 Å². The summed E-state index contributed by atoms with van der Waals surface area (Å²) in [6.45, 7) is -0.739. The summed E-state index contributed by atoms with van der Waals surface area (Å²) in [4.78, 5) is 37.6. The van der Waals surface area contributed by atoms with E-state index >= 15 is 0 Å². The summed E-state index contributed by atoms with van der Waals surface area (Å²) >= 11 is 0. The SMILES string of the molecule is O=C(CN1C(=O)CCOc2ccccc21)OCC(=O)c1ccccc1F. The number of carbonyl (C=O) groups excluding carboxylic acids is 3. The number of carbonyl (C=O) groups is 3. The molecule has 0 N–H and O–H groups in total. The van der Waals surface area contributed by atoms with Crippen molar-refractivity contribution >= 4 is 23.3 Å². The largest absolute Gasteiger partial charge is 0.491 e. The molecule has 134 valence electrons. The first-order valence-corrected chi connectivity index (χ1v) is 8.02. The number of nitrogens with zero attached hydrogens (tertiary/aromatic N) is 1. The topological polar surface area (TPSA) is 72.9 Å². The summed E-state index contributed by atoms with van der Waals surface area (Å²) in [7, 11) is 0. The van der Waals surface area contributed by atoms with Gasteiger partial charge in [-0.15, -0.1) is 0 Å². The highest BCUT2D eigenvalue weighted by molar-refractivity contribution is 6.01. The fourth-order valence-corrected chi connectivity index (χ4v) is 2.58. The third kappa shape index (κ3) is 3.88. The number of Topliss-reactive ketones (excluding diaryl/α,β-unsaturated/α-hetero) is 1. The molecule has 1 heterocycles. The Labute approximate surface area is 149 Å². The number of benzene rings is 2. The van der Waals surface area contributed by atoms with Gasteiger partial charge in [-0.1, -0.05) is 24.3 Å². The van der Waals surface area contributed by atoms with Crippen molar-refractivity contribution in [1.29, 1.82) is 0 Å². The van der Waals surface area contributed by atoms with Crippen LogP contribution < -0.4 is 9.64 Å². The van der Waals surface area contributed by atoms with Gasteiger partial charge in [0.15, 0.2) is 6.61 Å². The Kier molecular flexibility index (Phi) is 5.26. The number of rotatable bonds is 5. The van der Waals surface area contributed by atoms with Crippen molar-refractivity contribution in [2.24, 2.45) is 0 Å². The van der Waals surface area contributed by atoms with E-state index in [2.05, 4.69) is 0 Å². The first-order valence-electron chi connectivity index (χ1n) is 8.02. The van der Waals surface area contributed by atoms with E-state index < -0.39 is 24.2 Å². The van der Waals surface area contributed by atoms with Crippen LogP contribution in [-0.4, -0.2) is 37.4 Å². The standard InChI is InChI=1S/C19H16FNO5/c20-14-6-2-1-5-13(14)16(22)12-26-19(24)11-21-15-7-3-4-8-17(15)25-10-9-18(21)23/h1-8H,9-12H2. The monoisotopic (exact) mass is 357 g/mol. The molecule has 1 aliphatic heterocycles. The zero-order chi connectivity index (χ0) is 18.5. The first kappa shape index (κ1) is 17.6. The smallest absolute Gasteiger partial charge is 0.326 e. The summed E-state index contributed by atoms with van der Waals surface area (Å²) in [5, 5.41) is 0. The molecule has 0 fully saturated rings. The molecule has 2 aromatic carbocycles. The van der Waals surface area contributed by atoms with Crippen molar-refractivity contribution in [2.75, 3.05) is 24.7 Å². The second-order valence-corrected chi connectivity index (χ2v) is 5.61. The van der Waals surface area contributed by atoms with Crippen LogP contribution in [0.4, 0.5) is 10.1 Å². The summed E-state index contributed by atoms with van der Waals surface area (Å²) in [6, 6.07) is 12.3. The maximum absolute atomic E-state index is 13.6. The van der Waals surface area contributed by atoms with Gasteiger partial charge >= 0.3 is 5.97 Å². The van der Waals surface area contributed by atoms with E-state index in [0.717, 1.165) is 6.07 Å². The molecule has 0 saturated heterocycles. The molecule has 0 saturated carbocycles. The van der Waals surface area contributed by atoms with Gasteiger partial charge in [0, 0.05) is 0 Å². The molecule has 0 bridgehead atoms. The summed E-state index contributed by atoms with van der Waals surface area (Å²) in [5.74, 6) is -1.88. The van der Waals surface area contributed by atoms with Gasteiger partial charge in [0.25, 0.3) is 0 Å². The van der Waals surface area contributed by atoms with Crippen LogP contribution in [0, 0.1) is 5.82 Å². The quantitative estimate of drug-likeness (QED) is 0.607. The number of para-hydroxylation sites is 2. The number of anilines is 1. The Hall–Kier alpha value is -3.22. The Balaban J connectivity index is 1.65. The molecule has 3 rings (SSSR count). The van der Waals surface area contributed by atoms with E-state index in [1.165, 1.54) is 23.1 Å². The molecule has 1 aliphatic rings. The van der Waals surface area contributed by atoms with Gasteiger partial charge in [0.1, 0.15) is 18.1 Å². The normalized spacial score (nSPS) is 13.4. The van der Waals surface area contributed by atoms with Crippen LogP contribution in [-0.2, 0) is 14.3 Å². The van der Waals surface area contributed by atoms with Gasteiger partial charge in [-0.25, -0.2) is 4.39 Å². The molecule has 0 atom stereocenters. The molecule has 7 heteroatoms. The number of esters is 1. The van der Waals surface area contributed by atoms with Gasteiger partial charge in [-0.3, -0.25) is 19.3 Å². The van der Waals surface area contributed by atoms with E-state index in [1.54, 1.807) is 24.3 Å². The summed E-state index contributed by atoms with van der Waals surface area (Å²) < 4.78 is 24.0. The molecule has 6 nitrogen and oxygen atoms in total. The first-order chi connectivity index (χ1) is 12.6. The molecule has 26 heavy (non-hydrogen) atoms. The molecule has 1 amide bonds. The number of fused-ring (bicyclic) bond motifs is 1. The average molecular weight is 357 g/mol. The number of hydrogen-bond donors (Lipinski definition) is 0. The third-order valence-corrected chi connectivity index (χ3v) is 3.86. The maximum atomic E-state index is 13.6. The highest BCUT2D eigenvalue weighted by atomic mass is 19.1. The molecule has 0 unspecified atom stereocenters. The zero-order valence-corrected chi connectivity index (χ0v) is 13.8. The molecular weight excluding hydrogens is 341 g/mol. The maximum Gasteiger partial charge on any atom is 0.326 e. The van der Waals surface area contributed by atoms with Crippen LogP contribution in [0.25, 0.3) is 0 Å². The summed E-state index contributed by atoms with van der Waals surface area (Å²) in [5.41, 5.74) is 0.317. The van der Waals surface area contributed by atoms with Gasteiger partial charge in [-0.2, -0.15) is 0 Å². The lowest BCUT2D eigenvalue weighted by molar-refractivity contribution is -0.141. The Morgan fingerprint density at radius 3 is 2.65 bits per heavy atom. The van der Waals surface area contributed by atoms with Gasteiger partial charge in [0.2, 0.25) is 11.7 Å². The van der Waals surface area contributed by atoms with Gasteiger partial charge < -0.3 is 9.47 Å². The highest BCUT2D eigenvalue weighted by Gasteiger charge is 2.26. The minimum Gasteiger partial charge on any atom is -0.491 e. The third-order valence-electron chi connectivity index (χ3n) is 3.86. The molecule has 0 spiro atoms. The van der Waals surface area contributed by atoms with Gasteiger partial charge in [0.05, 0.1) is 24.3 Å². The second-order valence-electron chi connectivity index (χ2n) is 5.61. The molecule has 2 aromatic rings. The van der Waals surface area contributed by atoms with Crippen LogP contribution in [0.5, 0.6) is 5.75 Å². The van der Waals surface area contributed by atoms with E-state index in [0.29, 0.717) is 11.4 Å². The van der Waals surface area contributed by atoms with Crippen LogP contribution in [0.15, 0.2) is 48.5 Å². The van der Waals surface area contributed by atoms with E-state index in [-0.39, 0.29) is 31.0 Å². The van der Waals surface area contributed by atoms with Crippen molar-refractivity contribution in [3.63, 3.8) is 0 Å². The van der Waals surface area contributed by atoms with Crippen molar-refractivity contribution < 1.29 is 28.2 Å². The summed E-state index contributed by atoms with van der Waals surface area (Å²) in [6.07, 6.45) is 0.121. The fraction of sp³-hybridized carbons (Fsp3) is 0.211. The minimum absolute atomic E-state index is 0.121. The number of ether oxygens (including phenoxy) is 2. The Morgan fingerprint density at radius 2 is 1.85 bits per heavy atom. The van der Waals surface area contributed by atoms with Crippen molar-refractivity contribution in [3.8, 4) is 5.75 Å². The molecular formula is C19H16FNO5. The predicted molar refractivity (Wildman–Crippen MR) is 90.6 cm³/mol. The molecule has 0 radical (unpaired) electrons. The lowest BCUT2D eigenvalue weighted by Crippen LogP contribution is -2.36. The van der Waals surface area contributed by atoms with Crippen LogP contribution in [0.1, 0.15) is 16.8 Å². The highest BCUT2D eigenvalue weighted by Crippen LogP contribution is 2.30. The number of ketones is 1. The number of hydrogen-bond acceptors (Lipinski definition) is 5. The second kappa shape index (κ2) is 7.77. The van der Waals surface area contributed by atoms with E-state index in [1.807, 2.05) is 0 Å². The van der Waals surface area contributed by atoms with E-state index in [4.69, 9.17) is 9.47 Å². The predicted octanol–water partition coefficient (Wildman–Crippen LogP) is 2.37. The lowest BCUT2D eigenvalue weighted by atomic mass is 10.1. The Bertz CT molecular complexity index is 851. The number of halogens is 1. The zero-order valence-electron chi connectivity index (χ0n) is 13.8. The van der Waals surface area contributed by atoms with Crippen molar-refractivity contribution in [1.82, 2.24) is 0 Å². The fourth-order valence-electron chi connectivity index (χ4n) is 2.58. The van der Waals surface area contributed by atoms with Crippen LogP contribution >= 0.6 is 0 Å². The molecule has 0 aromatic heterocycles. The average Bonchev–Trinajstić information content (AvgIpc) is 2.79. The number of amides is 1.